The summed E-state index contributed by atoms with van der Waals surface area (Å²) in [6, 6.07) is 8.28. The van der Waals surface area contributed by atoms with Crippen molar-refractivity contribution in [1.29, 1.82) is 0 Å². The summed E-state index contributed by atoms with van der Waals surface area (Å²) in [5.41, 5.74) is 5.42. The van der Waals surface area contributed by atoms with E-state index in [1.54, 1.807) is 0 Å². The van der Waals surface area contributed by atoms with Gasteiger partial charge in [0.15, 0.2) is 0 Å². The lowest BCUT2D eigenvalue weighted by Crippen LogP contribution is -2.39. The van der Waals surface area contributed by atoms with Crippen molar-refractivity contribution in [3.05, 3.63) is 46.8 Å². The molecule has 5 nitrogen and oxygen atoms in total. The van der Waals surface area contributed by atoms with E-state index in [0.29, 0.717) is 0 Å². The van der Waals surface area contributed by atoms with E-state index in [9.17, 15) is 4.79 Å². The highest BCUT2D eigenvalue weighted by atomic mass is 16.1. The molecule has 1 fully saturated rings. The molecule has 1 N–H and O–H groups in total. The molecule has 1 aromatic carbocycles. The van der Waals surface area contributed by atoms with E-state index in [-0.39, 0.29) is 11.8 Å². The lowest BCUT2D eigenvalue weighted by Gasteiger charge is -2.31. The third-order valence-electron chi connectivity index (χ3n) is 5.37. The van der Waals surface area contributed by atoms with Gasteiger partial charge in [0.05, 0.1) is 0 Å². The van der Waals surface area contributed by atoms with Gasteiger partial charge >= 0.3 is 0 Å². The molecule has 1 amide bonds. The Kier molecular flexibility index (Phi) is 6.09. The molecular formula is C22H30N4O. The molecule has 0 aliphatic carbocycles. The number of para-hydroxylation sites is 1. The number of carbonyl (C=O) groups excluding carboxylic acids is 1. The molecule has 1 aliphatic rings. The van der Waals surface area contributed by atoms with E-state index in [1.165, 1.54) is 11.1 Å². The SMILES string of the molecule is CCc1cccc(CC)c1NC(=O)C1CCN(c2nc(C)cc(C)n2)CC1. The molecule has 0 unspecified atom stereocenters. The van der Waals surface area contributed by atoms with Crippen LogP contribution in [0.25, 0.3) is 0 Å². The number of aryl methyl sites for hydroxylation is 4. The number of piperidine rings is 1. The smallest absolute Gasteiger partial charge is 0.227 e. The molecule has 1 saturated heterocycles. The van der Waals surface area contributed by atoms with Crippen LogP contribution in [0.15, 0.2) is 24.3 Å². The van der Waals surface area contributed by atoms with Crippen molar-refractivity contribution in [2.45, 2.75) is 53.4 Å². The first-order valence-electron chi connectivity index (χ1n) is 10.0. The number of amides is 1. The number of rotatable bonds is 5. The van der Waals surface area contributed by atoms with Gasteiger partial charge < -0.3 is 10.2 Å². The van der Waals surface area contributed by atoms with Gasteiger partial charge in [0.1, 0.15) is 0 Å². The van der Waals surface area contributed by atoms with Crippen LogP contribution in [0.5, 0.6) is 0 Å². The van der Waals surface area contributed by atoms with E-state index >= 15 is 0 Å². The van der Waals surface area contributed by atoms with Gasteiger partial charge in [0, 0.05) is 36.1 Å². The summed E-state index contributed by atoms with van der Waals surface area (Å²) in [6.45, 7) is 9.89. The highest BCUT2D eigenvalue weighted by Crippen LogP contribution is 2.26. The molecule has 27 heavy (non-hydrogen) atoms. The molecule has 5 heteroatoms. The zero-order valence-electron chi connectivity index (χ0n) is 16.9. The van der Waals surface area contributed by atoms with E-state index in [1.807, 2.05) is 19.9 Å². The molecule has 3 rings (SSSR count). The fourth-order valence-electron chi connectivity index (χ4n) is 3.82. The van der Waals surface area contributed by atoms with Gasteiger partial charge in [0.25, 0.3) is 0 Å². The minimum Gasteiger partial charge on any atom is -0.341 e. The number of anilines is 2. The van der Waals surface area contributed by atoms with Gasteiger partial charge in [-0.05, 0) is 56.7 Å². The van der Waals surface area contributed by atoms with Crippen molar-refractivity contribution in [3.8, 4) is 0 Å². The molecule has 144 valence electrons. The van der Waals surface area contributed by atoms with Crippen molar-refractivity contribution in [2.75, 3.05) is 23.3 Å². The average Bonchev–Trinajstić information content (AvgIpc) is 2.67. The third-order valence-corrected chi connectivity index (χ3v) is 5.37. The first-order valence-corrected chi connectivity index (χ1v) is 10.0. The number of benzene rings is 1. The summed E-state index contributed by atoms with van der Waals surface area (Å²) in [6.07, 6.45) is 3.51. The van der Waals surface area contributed by atoms with Crippen molar-refractivity contribution in [1.82, 2.24) is 9.97 Å². The summed E-state index contributed by atoms with van der Waals surface area (Å²) in [7, 11) is 0. The highest BCUT2D eigenvalue weighted by molar-refractivity contribution is 5.94. The second kappa shape index (κ2) is 8.51. The lowest BCUT2D eigenvalue weighted by molar-refractivity contribution is -0.120. The lowest BCUT2D eigenvalue weighted by atomic mass is 9.95. The summed E-state index contributed by atoms with van der Waals surface area (Å²) in [5.74, 6) is 0.976. The number of nitrogens with zero attached hydrogens (tertiary/aromatic N) is 3. The molecule has 0 atom stereocenters. The second-order valence-electron chi connectivity index (χ2n) is 7.36. The summed E-state index contributed by atoms with van der Waals surface area (Å²) >= 11 is 0. The second-order valence-corrected chi connectivity index (χ2v) is 7.36. The van der Waals surface area contributed by atoms with Gasteiger partial charge in [-0.2, -0.15) is 0 Å². The van der Waals surface area contributed by atoms with E-state index < -0.39 is 0 Å². The maximum Gasteiger partial charge on any atom is 0.227 e. The largest absolute Gasteiger partial charge is 0.341 e. The van der Waals surface area contributed by atoms with Crippen LogP contribution < -0.4 is 10.2 Å². The molecule has 2 aromatic rings. The molecular weight excluding hydrogens is 336 g/mol. The van der Waals surface area contributed by atoms with Gasteiger partial charge in [-0.3, -0.25) is 4.79 Å². The fraction of sp³-hybridized carbons (Fsp3) is 0.500. The minimum atomic E-state index is 0.0433. The first kappa shape index (κ1) is 19.3. The normalized spacial score (nSPS) is 15.0. The highest BCUT2D eigenvalue weighted by Gasteiger charge is 2.27. The minimum absolute atomic E-state index is 0.0433. The van der Waals surface area contributed by atoms with Crippen LogP contribution in [0.4, 0.5) is 11.6 Å². The Labute approximate surface area is 162 Å². The van der Waals surface area contributed by atoms with Crippen LogP contribution in [0.1, 0.15) is 49.2 Å². The summed E-state index contributed by atoms with van der Waals surface area (Å²) in [4.78, 5) is 24.2. The van der Waals surface area contributed by atoms with E-state index in [2.05, 4.69) is 52.2 Å². The topological polar surface area (TPSA) is 58.1 Å². The number of hydrogen-bond acceptors (Lipinski definition) is 4. The van der Waals surface area contributed by atoms with Crippen molar-refractivity contribution in [2.24, 2.45) is 5.92 Å². The summed E-state index contributed by atoms with van der Waals surface area (Å²) < 4.78 is 0. The van der Waals surface area contributed by atoms with Gasteiger partial charge in [-0.25, -0.2) is 9.97 Å². The monoisotopic (exact) mass is 366 g/mol. The molecule has 0 bridgehead atoms. The zero-order chi connectivity index (χ0) is 19.4. The van der Waals surface area contributed by atoms with E-state index in [0.717, 1.165) is 61.8 Å². The van der Waals surface area contributed by atoms with Crippen LogP contribution in [-0.4, -0.2) is 29.0 Å². The predicted octanol–water partition coefficient (Wildman–Crippen LogP) is 4.07. The quantitative estimate of drug-likeness (QED) is 0.866. The standard InChI is InChI=1S/C22H30N4O/c1-5-17-8-7-9-18(6-2)20(17)25-21(27)19-10-12-26(13-11-19)22-23-15(3)14-16(4)24-22/h7-9,14,19H,5-6,10-13H2,1-4H3,(H,25,27). The molecule has 0 radical (unpaired) electrons. The Morgan fingerprint density at radius 2 is 1.63 bits per heavy atom. The number of nitrogens with one attached hydrogen (secondary N) is 1. The fourth-order valence-corrected chi connectivity index (χ4v) is 3.82. The Morgan fingerprint density at radius 1 is 1.07 bits per heavy atom. The number of aromatic nitrogens is 2. The molecule has 0 saturated carbocycles. The maximum atomic E-state index is 12.9. The van der Waals surface area contributed by atoms with Crippen LogP contribution in [0.3, 0.4) is 0 Å². The number of carbonyl (C=O) groups is 1. The number of hydrogen-bond donors (Lipinski definition) is 1. The van der Waals surface area contributed by atoms with Gasteiger partial charge in [-0.15, -0.1) is 0 Å². The zero-order valence-corrected chi connectivity index (χ0v) is 16.9. The maximum absolute atomic E-state index is 12.9. The van der Waals surface area contributed by atoms with Crippen LogP contribution in [0, 0.1) is 19.8 Å². The Morgan fingerprint density at radius 3 is 2.15 bits per heavy atom. The first-order chi connectivity index (χ1) is 13.0. The predicted molar refractivity (Wildman–Crippen MR) is 110 cm³/mol. The van der Waals surface area contributed by atoms with Crippen LogP contribution in [0.2, 0.25) is 0 Å². The average molecular weight is 367 g/mol. The Balaban J connectivity index is 1.65. The molecule has 1 aromatic heterocycles. The Hall–Kier alpha value is -2.43. The Bertz CT molecular complexity index is 767. The molecule has 0 spiro atoms. The van der Waals surface area contributed by atoms with Crippen LogP contribution >= 0.6 is 0 Å². The molecule has 2 heterocycles. The van der Waals surface area contributed by atoms with Gasteiger partial charge in [0.2, 0.25) is 11.9 Å². The molecule has 1 aliphatic heterocycles. The summed E-state index contributed by atoms with van der Waals surface area (Å²) in [5, 5.41) is 3.23. The third kappa shape index (κ3) is 4.46. The van der Waals surface area contributed by atoms with Crippen molar-refractivity contribution in [3.63, 3.8) is 0 Å². The van der Waals surface area contributed by atoms with E-state index in [4.69, 9.17) is 0 Å². The van der Waals surface area contributed by atoms with Crippen LogP contribution in [-0.2, 0) is 17.6 Å². The van der Waals surface area contributed by atoms with Gasteiger partial charge in [-0.1, -0.05) is 32.0 Å². The van der Waals surface area contributed by atoms with Crippen molar-refractivity contribution >= 4 is 17.5 Å². The van der Waals surface area contributed by atoms with Crippen molar-refractivity contribution < 1.29 is 4.79 Å².